The number of nitrogens with zero attached hydrogens (tertiary/aromatic N) is 2. The van der Waals surface area contributed by atoms with Crippen LogP contribution >= 0.6 is 24.0 Å². The van der Waals surface area contributed by atoms with E-state index in [4.69, 9.17) is 0 Å². The van der Waals surface area contributed by atoms with Crippen molar-refractivity contribution in [3.63, 3.8) is 0 Å². The maximum Gasteiger partial charge on any atom is 0.251 e. The number of halogens is 1. The van der Waals surface area contributed by atoms with Gasteiger partial charge < -0.3 is 16.0 Å². The van der Waals surface area contributed by atoms with Crippen LogP contribution in [0.4, 0.5) is 0 Å². The lowest BCUT2D eigenvalue weighted by Crippen LogP contribution is -2.46. The fraction of sp³-hybridized carbons (Fsp3) is 0.619. The first-order valence-corrected chi connectivity index (χ1v) is 10.3. The second-order valence-electron chi connectivity index (χ2n) is 7.00. The summed E-state index contributed by atoms with van der Waals surface area (Å²) in [6, 6.07) is 10.0. The number of carbonyl (C=O) groups excluding carboxylic acids is 1. The molecule has 0 aromatic heterocycles. The van der Waals surface area contributed by atoms with E-state index in [0.29, 0.717) is 12.1 Å². The van der Waals surface area contributed by atoms with Crippen LogP contribution in [-0.4, -0.2) is 62.6 Å². The van der Waals surface area contributed by atoms with E-state index in [1.165, 1.54) is 32.2 Å². The Hall–Kier alpha value is -1.35. The molecule has 0 saturated carbocycles. The highest BCUT2D eigenvalue weighted by atomic mass is 127. The molecule has 1 unspecified atom stereocenters. The molecule has 1 aliphatic rings. The fourth-order valence-electron chi connectivity index (χ4n) is 3.54. The van der Waals surface area contributed by atoms with E-state index in [-0.39, 0.29) is 29.9 Å². The van der Waals surface area contributed by atoms with Gasteiger partial charge in [-0.25, -0.2) is 0 Å². The molecular weight excluding hydrogens is 465 g/mol. The maximum atomic E-state index is 12.0. The average Bonchev–Trinajstić information content (AvgIpc) is 2.73. The van der Waals surface area contributed by atoms with Gasteiger partial charge in [0.25, 0.3) is 5.91 Å². The van der Waals surface area contributed by atoms with Gasteiger partial charge in [-0.05, 0) is 44.4 Å². The highest BCUT2D eigenvalue weighted by molar-refractivity contribution is 14.0. The van der Waals surface area contributed by atoms with Crippen LogP contribution in [0.25, 0.3) is 0 Å². The molecule has 0 radical (unpaired) electrons. The second kappa shape index (κ2) is 14.6. The van der Waals surface area contributed by atoms with Gasteiger partial charge in [-0.3, -0.25) is 14.7 Å². The minimum Gasteiger partial charge on any atom is -0.356 e. The zero-order valence-corrected chi connectivity index (χ0v) is 19.6. The van der Waals surface area contributed by atoms with Crippen LogP contribution in [0.1, 0.15) is 49.4 Å². The Morgan fingerprint density at radius 3 is 2.54 bits per heavy atom. The van der Waals surface area contributed by atoms with Crippen LogP contribution in [0.15, 0.2) is 35.3 Å². The van der Waals surface area contributed by atoms with Gasteiger partial charge in [0, 0.05) is 44.8 Å². The third-order valence-electron chi connectivity index (χ3n) is 5.10. The smallest absolute Gasteiger partial charge is 0.251 e. The summed E-state index contributed by atoms with van der Waals surface area (Å²) in [6.07, 6.45) is 6.10. The standard InChI is InChI=1S/C21H35N5O.HI/c1-3-19-12-7-8-16-26(19)17-15-25-21(22-2)24-14-9-13-23-20(27)18-10-5-4-6-11-18;/h4-6,10-11,19H,3,7-9,12-17H2,1-2H3,(H,23,27)(H2,22,24,25);1H. The normalized spacial score (nSPS) is 17.5. The molecule has 1 aromatic rings. The zero-order valence-electron chi connectivity index (χ0n) is 17.2. The number of piperidine rings is 1. The van der Waals surface area contributed by atoms with Crippen LogP contribution in [0.2, 0.25) is 0 Å². The first-order chi connectivity index (χ1) is 13.2. The summed E-state index contributed by atoms with van der Waals surface area (Å²) in [7, 11) is 1.79. The molecule has 1 amide bonds. The van der Waals surface area contributed by atoms with E-state index in [1.54, 1.807) is 7.05 Å². The average molecular weight is 501 g/mol. The predicted octanol–water partition coefficient (Wildman–Crippen LogP) is 2.85. The molecular formula is C21H36IN5O. The third-order valence-corrected chi connectivity index (χ3v) is 5.10. The van der Waals surface area contributed by atoms with Gasteiger partial charge in [0.2, 0.25) is 0 Å². The number of guanidine groups is 1. The molecule has 3 N–H and O–H groups in total. The summed E-state index contributed by atoms with van der Waals surface area (Å²) < 4.78 is 0. The van der Waals surface area contributed by atoms with Crippen LogP contribution in [-0.2, 0) is 0 Å². The van der Waals surface area contributed by atoms with Crippen molar-refractivity contribution in [2.45, 2.75) is 45.1 Å². The molecule has 1 fully saturated rings. The molecule has 1 saturated heterocycles. The van der Waals surface area contributed by atoms with Crippen molar-refractivity contribution in [3.05, 3.63) is 35.9 Å². The molecule has 7 heteroatoms. The Labute approximate surface area is 187 Å². The SMILES string of the molecule is CCC1CCCCN1CCNC(=NC)NCCCNC(=O)c1ccccc1.I. The highest BCUT2D eigenvalue weighted by Crippen LogP contribution is 2.18. The maximum absolute atomic E-state index is 12.0. The summed E-state index contributed by atoms with van der Waals surface area (Å²) >= 11 is 0. The second-order valence-corrected chi connectivity index (χ2v) is 7.00. The monoisotopic (exact) mass is 501 g/mol. The van der Waals surface area contributed by atoms with Crippen molar-refractivity contribution in [1.82, 2.24) is 20.9 Å². The van der Waals surface area contributed by atoms with Crippen molar-refractivity contribution in [2.75, 3.05) is 39.8 Å². The quantitative estimate of drug-likeness (QED) is 0.211. The number of hydrogen-bond acceptors (Lipinski definition) is 3. The molecule has 158 valence electrons. The summed E-state index contributed by atoms with van der Waals surface area (Å²) in [6.45, 7) is 6.88. The summed E-state index contributed by atoms with van der Waals surface area (Å²) in [5.74, 6) is 0.805. The van der Waals surface area contributed by atoms with Gasteiger partial charge in [-0.1, -0.05) is 31.5 Å². The molecule has 1 aromatic carbocycles. The van der Waals surface area contributed by atoms with Gasteiger partial charge in [0.05, 0.1) is 0 Å². The van der Waals surface area contributed by atoms with Gasteiger partial charge in [-0.2, -0.15) is 0 Å². The van der Waals surface area contributed by atoms with Crippen LogP contribution in [0.3, 0.4) is 0 Å². The van der Waals surface area contributed by atoms with E-state index < -0.39 is 0 Å². The van der Waals surface area contributed by atoms with Crippen molar-refractivity contribution in [3.8, 4) is 0 Å². The number of rotatable bonds is 9. The number of amides is 1. The largest absolute Gasteiger partial charge is 0.356 e. The van der Waals surface area contributed by atoms with Crippen molar-refractivity contribution in [2.24, 2.45) is 4.99 Å². The first-order valence-electron chi connectivity index (χ1n) is 10.3. The molecule has 1 heterocycles. The van der Waals surface area contributed by atoms with E-state index in [9.17, 15) is 4.79 Å². The Bertz CT molecular complexity index is 581. The minimum atomic E-state index is -0.0230. The van der Waals surface area contributed by atoms with Crippen molar-refractivity contribution >= 4 is 35.8 Å². The molecule has 1 aliphatic heterocycles. The Morgan fingerprint density at radius 1 is 1.11 bits per heavy atom. The fourth-order valence-corrected chi connectivity index (χ4v) is 3.54. The van der Waals surface area contributed by atoms with Gasteiger partial charge >= 0.3 is 0 Å². The van der Waals surface area contributed by atoms with Crippen LogP contribution in [0.5, 0.6) is 0 Å². The Kier molecular flexibility index (Phi) is 12.9. The van der Waals surface area contributed by atoms with E-state index in [2.05, 4.69) is 32.8 Å². The lowest BCUT2D eigenvalue weighted by molar-refractivity contribution is 0.0953. The number of carbonyl (C=O) groups is 1. The lowest BCUT2D eigenvalue weighted by Gasteiger charge is -2.35. The van der Waals surface area contributed by atoms with Gasteiger partial charge in [-0.15, -0.1) is 24.0 Å². The minimum absolute atomic E-state index is 0. The summed E-state index contributed by atoms with van der Waals surface area (Å²) in [5, 5.41) is 9.65. The Balaban J connectivity index is 0.00000392. The summed E-state index contributed by atoms with van der Waals surface area (Å²) in [4.78, 5) is 18.8. The third kappa shape index (κ3) is 8.77. The van der Waals surface area contributed by atoms with Gasteiger partial charge in [0.15, 0.2) is 5.96 Å². The molecule has 0 aliphatic carbocycles. The predicted molar refractivity (Wildman–Crippen MR) is 128 cm³/mol. The van der Waals surface area contributed by atoms with Crippen LogP contribution in [0, 0.1) is 0 Å². The first kappa shape index (κ1) is 24.7. The topological polar surface area (TPSA) is 68.8 Å². The zero-order chi connectivity index (χ0) is 19.3. The van der Waals surface area contributed by atoms with E-state index >= 15 is 0 Å². The molecule has 2 rings (SSSR count). The number of nitrogens with one attached hydrogen (secondary N) is 3. The number of aliphatic imine (C=N–C) groups is 1. The lowest BCUT2D eigenvalue weighted by atomic mass is 10.0. The highest BCUT2D eigenvalue weighted by Gasteiger charge is 2.19. The molecule has 6 nitrogen and oxygen atoms in total. The molecule has 1 atom stereocenters. The molecule has 28 heavy (non-hydrogen) atoms. The number of benzene rings is 1. The summed E-state index contributed by atoms with van der Waals surface area (Å²) in [5.41, 5.74) is 0.700. The van der Waals surface area contributed by atoms with Crippen LogP contribution < -0.4 is 16.0 Å². The Morgan fingerprint density at radius 2 is 1.82 bits per heavy atom. The van der Waals surface area contributed by atoms with Crippen molar-refractivity contribution < 1.29 is 4.79 Å². The number of likely N-dealkylation sites (tertiary alicyclic amines) is 1. The molecule has 0 bridgehead atoms. The van der Waals surface area contributed by atoms with Crippen molar-refractivity contribution in [1.29, 1.82) is 0 Å². The van der Waals surface area contributed by atoms with Gasteiger partial charge in [0.1, 0.15) is 0 Å². The molecule has 0 spiro atoms. The number of hydrogen-bond donors (Lipinski definition) is 3. The van der Waals surface area contributed by atoms with E-state index in [1.807, 2.05) is 30.3 Å². The van der Waals surface area contributed by atoms with E-state index in [0.717, 1.165) is 38.1 Å².